The SMILES string of the molecule is CNc1cc(Nc2cccn(-c3ccccn3)c2=O)nc2c(C(N)=O)cnn12.COC1(C)CCC1. The zero-order valence-electron chi connectivity index (χ0n) is 19.9. The molecule has 0 unspecified atom stereocenters. The highest BCUT2D eigenvalue weighted by Gasteiger charge is 2.30. The minimum atomic E-state index is -0.640. The van der Waals surface area contributed by atoms with Gasteiger partial charge in [-0.05, 0) is 50.5 Å². The molecule has 4 aromatic rings. The summed E-state index contributed by atoms with van der Waals surface area (Å²) >= 11 is 0. The fourth-order valence-corrected chi connectivity index (χ4v) is 3.66. The lowest BCUT2D eigenvalue weighted by atomic mass is 9.82. The molecule has 0 spiro atoms. The number of primary amides is 1. The number of fused-ring (bicyclic) bond motifs is 1. The van der Waals surface area contributed by atoms with Crippen molar-refractivity contribution in [3.63, 3.8) is 0 Å². The van der Waals surface area contributed by atoms with Crippen LogP contribution in [-0.2, 0) is 4.74 Å². The van der Waals surface area contributed by atoms with Gasteiger partial charge in [0.15, 0.2) is 5.65 Å². The van der Waals surface area contributed by atoms with Gasteiger partial charge < -0.3 is 21.1 Å². The van der Waals surface area contributed by atoms with E-state index in [1.807, 2.05) is 0 Å². The van der Waals surface area contributed by atoms with Crippen molar-refractivity contribution in [1.82, 2.24) is 24.1 Å². The number of carbonyl (C=O) groups is 1. The van der Waals surface area contributed by atoms with E-state index in [2.05, 4.69) is 32.6 Å². The standard InChI is InChI=1S/C18H16N8O2.C6H12O/c1-20-15-9-13(24-17-11(16(19)27)10-22-26(15)17)23-12-5-4-8-25(18(12)28)14-6-2-3-7-21-14;1-6(7-2)4-3-5-6/h2-10,20H,1H3,(H2,19,27)(H,23,24);3-5H2,1-2H3. The van der Waals surface area contributed by atoms with Crippen LogP contribution >= 0.6 is 0 Å². The molecule has 1 aliphatic rings. The predicted octanol–water partition coefficient (Wildman–Crippen LogP) is 2.73. The molecular formula is C24H28N8O3. The van der Waals surface area contributed by atoms with E-state index in [0.717, 1.165) is 0 Å². The summed E-state index contributed by atoms with van der Waals surface area (Å²) in [4.78, 5) is 33.1. The number of amides is 1. The Kier molecular flexibility index (Phi) is 6.78. The second kappa shape index (κ2) is 9.94. The fourth-order valence-electron chi connectivity index (χ4n) is 3.66. The van der Waals surface area contributed by atoms with Gasteiger partial charge >= 0.3 is 0 Å². The maximum absolute atomic E-state index is 12.8. The maximum Gasteiger partial charge on any atom is 0.279 e. The van der Waals surface area contributed by atoms with Crippen LogP contribution in [0.4, 0.5) is 17.3 Å². The van der Waals surface area contributed by atoms with Crippen LogP contribution in [0, 0.1) is 0 Å². The number of nitrogens with two attached hydrogens (primary N) is 1. The van der Waals surface area contributed by atoms with E-state index >= 15 is 0 Å². The summed E-state index contributed by atoms with van der Waals surface area (Å²) in [5.74, 6) is 0.790. The van der Waals surface area contributed by atoms with Crippen LogP contribution in [-0.4, -0.2) is 49.8 Å². The van der Waals surface area contributed by atoms with Gasteiger partial charge in [0, 0.05) is 32.6 Å². The smallest absolute Gasteiger partial charge is 0.279 e. The fraction of sp³-hybridized carbons (Fsp3) is 0.292. The lowest BCUT2D eigenvalue weighted by Gasteiger charge is -2.36. The zero-order valence-corrected chi connectivity index (χ0v) is 19.9. The summed E-state index contributed by atoms with van der Waals surface area (Å²) in [5, 5.41) is 10.1. The van der Waals surface area contributed by atoms with Gasteiger partial charge in [-0.15, -0.1) is 0 Å². The van der Waals surface area contributed by atoms with E-state index in [9.17, 15) is 9.59 Å². The Balaban J connectivity index is 0.000000356. The number of aromatic nitrogens is 5. The van der Waals surface area contributed by atoms with Gasteiger partial charge in [-0.2, -0.15) is 9.61 Å². The molecule has 1 aliphatic carbocycles. The number of ether oxygens (including phenoxy) is 1. The van der Waals surface area contributed by atoms with E-state index in [-0.39, 0.29) is 22.4 Å². The third kappa shape index (κ3) is 4.99. The largest absolute Gasteiger partial charge is 0.379 e. The summed E-state index contributed by atoms with van der Waals surface area (Å²) in [6, 6.07) is 10.3. The molecule has 182 valence electrons. The highest BCUT2D eigenvalue weighted by Crippen LogP contribution is 2.33. The normalized spacial score (nSPS) is 13.9. The molecule has 35 heavy (non-hydrogen) atoms. The maximum atomic E-state index is 12.8. The molecule has 1 saturated carbocycles. The Labute approximate surface area is 202 Å². The number of anilines is 3. The number of carbonyl (C=O) groups excluding carboxylic acids is 1. The van der Waals surface area contributed by atoms with Crippen molar-refractivity contribution in [2.24, 2.45) is 5.73 Å². The van der Waals surface area contributed by atoms with Crippen LogP contribution in [0.3, 0.4) is 0 Å². The number of hydrogen-bond donors (Lipinski definition) is 3. The van der Waals surface area contributed by atoms with Gasteiger partial charge in [0.25, 0.3) is 11.5 Å². The third-order valence-electron chi connectivity index (χ3n) is 6.00. The molecule has 1 amide bonds. The molecule has 0 radical (unpaired) electrons. The minimum absolute atomic E-state index is 0.180. The number of hydrogen-bond acceptors (Lipinski definition) is 8. The summed E-state index contributed by atoms with van der Waals surface area (Å²) in [5.41, 5.74) is 6.12. The van der Waals surface area contributed by atoms with Crippen LogP contribution in [0.2, 0.25) is 0 Å². The average Bonchev–Trinajstić information content (AvgIpc) is 3.29. The number of methoxy groups -OCH3 is 1. The summed E-state index contributed by atoms with van der Waals surface area (Å²) in [6.45, 7) is 2.16. The van der Waals surface area contributed by atoms with E-state index in [4.69, 9.17) is 10.5 Å². The molecule has 0 aromatic carbocycles. The number of nitrogens with zero attached hydrogens (tertiary/aromatic N) is 5. The van der Waals surface area contributed by atoms with Crippen LogP contribution in [0.25, 0.3) is 11.5 Å². The van der Waals surface area contributed by atoms with Crippen molar-refractivity contribution in [2.45, 2.75) is 31.8 Å². The molecule has 1 fully saturated rings. The predicted molar refractivity (Wildman–Crippen MR) is 133 cm³/mol. The minimum Gasteiger partial charge on any atom is -0.379 e. The van der Waals surface area contributed by atoms with Crippen LogP contribution in [0.15, 0.2) is 59.8 Å². The van der Waals surface area contributed by atoms with Crippen molar-refractivity contribution < 1.29 is 9.53 Å². The summed E-state index contributed by atoms with van der Waals surface area (Å²) < 4.78 is 8.06. The third-order valence-corrected chi connectivity index (χ3v) is 6.00. The molecule has 4 heterocycles. The first-order valence-electron chi connectivity index (χ1n) is 11.2. The monoisotopic (exact) mass is 476 g/mol. The van der Waals surface area contributed by atoms with Gasteiger partial charge in [0.1, 0.15) is 28.7 Å². The molecule has 11 nitrogen and oxygen atoms in total. The van der Waals surface area contributed by atoms with Crippen molar-refractivity contribution in [3.8, 4) is 5.82 Å². The second-order valence-electron chi connectivity index (χ2n) is 8.35. The van der Waals surface area contributed by atoms with E-state index in [0.29, 0.717) is 23.1 Å². The molecule has 5 rings (SSSR count). The van der Waals surface area contributed by atoms with Gasteiger partial charge in [-0.25, -0.2) is 9.97 Å². The number of nitrogens with one attached hydrogen (secondary N) is 2. The number of rotatable bonds is 6. The lowest BCUT2D eigenvalue weighted by molar-refractivity contribution is -0.0555. The van der Waals surface area contributed by atoms with Gasteiger partial charge in [-0.3, -0.25) is 14.2 Å². The highest BCUT2D eigenvalue weighted by atomic mass is 16.5. The zero-order chi connectivity index (χ0) is 25.0. The molecule has 4 aromatic heterocycles. The highest BCUT2D eigenvalue weighted by molar-refractivity contribution is 5.98. The summed E-state index contributed by atoms with van der Waals surface area (Å²) in [7, 11) is 3.50. The first-order valence-corrected chi connectivity index (χ1v) is 11.2. The van der Waals surface area contributed by atoms with Crippen LogP contribution < -0.4 is 21.9 Å². The Morgan fingerprint density at radius 2 is 2.03 bits per heavy atom. The average molecular weight is 477 g/mol. The van der Waals surface area contributed by atoms with E-state index in [1.54, 1.807) is 62.9 Å². The topological polar surface area (TPSA) is 141 Å². The number of pyridine rings is 2. The van der Waals surface area contributed by atoms with Gasteiger partial charge in [-0.1, -0.05) is 6.07 Å². The first-order chi connectivity index (χ1) is 16.8. The second-order valence-corrected chi connectivity index (χ2v) is 8.35. The Morgan fingerprint density at radius 3 is 2.60 bits per heavy atom. The Morgan fingerprint density at radius 1 is 1.23 bits per heavy atom. The molecular weight excluding hydrogens is 448 g/mol. The molecule has 0 atom stereocenters. The van der Waals surface area contributed by atoms with E-state index in [1.165, 1.54) is 34.5 Å². The van der Waals surface area contributed by atoms with Gasteiger partial charge in [0.2, 0.25) is 0 Å². The van der Waals surface area contributed by atoms with E-state index < -0.39 is 5.91 Å². The van der Waals surface area contributed by atoms with Crippen molar-refractivity contribution in [1.29, 1.82) is 0 Å². The van der Waals surface area contributed by atoms with Crippen LogP contribution in [0.1, 0.15) is 36.5 Å². The van der Waals surface area contributed by atoms with Crippen molar-refractivity contribution >= 4 is 28.9 Å². The van der Waals surface area contributed by atoms with Crippen molar-refractivity contribution in [2.75, 3.05) is 24.8 Å². The first kappa shape index (κ1) is 23.9. The molecule has 11 heteroatoms. The lowest BCUT2D eigenvalue weighted by Crippen LogP contribution is -2.34. The Hall–Kier alpha value is -4.25. The van der Waals surface area contributed by atoms with Crippen molar-refractivity contribution in [3.05, 3.63) is 70.9 Å². The molecule has 0 bridgehead atoms. The van der Waals surface area contributed by atoms with Crippen LogP contribution in [0.5, 0.6) is 0 Å². The Bertz CT molecular complexity index is 1390. The summed E-state index contributed by atoms with van der Waals surface area (Å²) in [6.07, 6.45) is 8.46. The molecule has 4 N–H and O–H groups in total. The van der Waals surface area contributed by atoms with Gasteiger partial charge in [0.05, 0.1) is 11.8 Å². The molecule has 0 aliphatic heterocycles. The quantitative estimate of drug-likeness (QED) is 0.386. The molecule has 0 saturated heterocycles.